The Labute approximate surface area is 208 Å². The number of aryl methyl sites for hydroxylation is 2. The largest absolute Gasteiger partial charge is 0.506 e. The smallest absolute Gasteiger partial charge is 0.263 e. The summed E-state index contributed by atoms with van der Waals surface area (Å²) in [6.07, 6.45) is 2.09. The second-order valence-corrected chi connectivity index (χ2v) is 8.92. The van der Waals surface area contributed by atoms with Gasteiger partial charge >= 0.3 is 0 Å². The molecule has 0 bridgehead atoms. The Hall–Kier alpha value is -3.84. The summed E-state index contributed by atoms with van der Waals surface area (Å²) in [5, 5.41) is 13.4. The predicted molar refractivity (Wildman–Crippen MR) is 138 cm³/mol. The molecule has 35 heavy (non-hydrogen) atoms. The van der Waals surface area contributed by atoms with E-state index in [2.05, 4.69) is 10.3 Å². The lowest BCUT2D eigenvalue weighted by molar-refractivity contribution is 0.102. The molecule has 0 spiro atoms. The van der Waals surface area contributed by atoms with Crippen LogP contribution in [0.4, 0.5) is 5.69 Å². The predicted octanol–water partition coefficient (Wildman–Crippen LogP) is 5.38. The minimum atomic E-state index is -0.440. The molecule has 1 aromatic heterocycles. The summed E-state index contributed by atoms with van der Waals surface area (Å²) in [5.74, 6) is 0.253. The number of hydrogen-bond donors (Lipinski definition) is 2. The molecule has 4 aromatic rings. The van der Waals surface area contributed by atoms with Crippen molar-refractivity contribution in [3.8, 4) is 11.5 Å². The van der Waals surface area contributed by atoms with Gasteiger partial charge in [-0.05, 0) is 53.8 Å². The van der Waals surface area contributed by atoms with Gasteiger partial charge in [0, 0.05) is 12.1 Å². The fraction of sp³-hybridized carbons (Fsp3) is 0.222. The van der Waals surface area contributed by atoms with Crippen molar-refractivity contribution in [1.29, 1.82) is 0 Å². The molecule has 0 unspecified atom stereocenters. The van der Waals surface area contributed by atoms with E-state index in [0.29, 0.717) is 35.1 Å². The normalized spacial score (nSPS) is 11.1. The van der Waals surface area contributed by atoms with Crippen LogP contribution in [0.3, 0.4) is 0 Å². The lowest BCUT2D eigenvalue weighted by atomic mass is 9.99. The molecule has 0 saturated carbocycles. The number of phenols is 1. The highest BCUT2D eigenvalue weighted by atomic mass is 35.5. The lowest BCUT2D eigenvalue weighted by Crippen LogP contribution is -2.23. The second-order valence-electron chi connectivity index (χ2n) is 8.51. The summed E-state index contributed by atoms with van der Waals surface area (Å²) >= 11 is 6.16. The average Bonchev–Trinajstić information content (AvgIpc) is 2.85. The van der Waals surface area contributed by atoms with Crippen LogP contribution in [-0.4, -0.2) is 27.7 Å². The Morgan fingerprint density at radius 3 is 2.69 bits per heavy atom. The van der Waals surface area contributed by atoms with E-state index in [9.17, 15) is 14.7 Å². The third kappa shape index (κ3) is 5.00. The van der Waals surface area contributed by atoms with Gasteiger partial charge in [-0.2, -0.15) is 0 Å². The number of carbonyl (C=O) groups is 1. The van der Waals surface area contributed by atoms with Crippen LogP contribution in [0.25, 0.3) is 10.9 Å². The number of fused-ring (bicyclic) bond motifs is 1. The van der Waals surface area contributed by atoms with E-state index in [1.165, 1.54) is 17.0 Å². The Kier molecular flexibility index (Phi) is 7.07. The van der Waals surface area contributed by atoms with E-state index in [-0.39, 0.29) is 27.8 Å². The molecule has 3 aromatic carbocycles. The summed E-state index contributed by atoms with van der Waals surface area (Å²) < 4.78 is 6.93. The maximum atomic E-state index is 13.4. The Morgan fingerprint density at radius 1 is 1.17 bits per heavy atom. The summed E-state index contributed by atoms with van der Waals surface area (Å²) in [6.45, 7) is 4.20. The number of nitrogens with zero attached hydrogens (tertiary/aromatic N) is 2. The van der Waals surface area contributed by atoms with Gasteiger partial charge < -0.3 is 15.2 Å². The monoisotopic (exact) mass is 491 g/mol. The third-order valence-electron chi connectivity index (χ3n) is 5.89. The number of nitrogens with one attached hydrogen (secondary N) is 1. The van der Waals surface area contributed by atoms with E-state index in [0.717, 1.165) is 11.3 Å². The maximum absolute atomic E-state index is 13.4. The highest BCUT2D eigenvalue weighted by Crippen LogP contribution is 2.34. The van der Waals surface area contributed by atoms with Crippen LogP contribution in [0, 0.1) is 0 Å². The van der Waals surface area contributed by atoms with E-state index >= 15 is 0 Å². The molecule has 0 saturated heterocycles. The first-order valence-electron chi connectivity index (χ1n) is 11.2. The number of para-hydroxylation sites is 1. The number of methoxy groups -OCH3 is 1. The zero-order valence-corrected chi connectivity index (χ0v) is 20.5. The first kappa shape index (κ1) is 24.3. The van der Waals surface area contributed by atoms with Crippen LogP contribution >= 0.6 is 11.6 Å². The molecular formula is C27H26ClN3O4. The number of aromatic hydroxyl groups is 1. The van der Waals surface area contributed by atoms with Crippen LogP contribution in [-0.2, 0) is 13.0 Å². The Bertz CT molecular complexity index is 1460. The quantitative estimate of drug-likeness (QED) is 0.362. The number of aromatic nitrogens is 2. The number of anilines is 1. The molecule has 2 N–H and O–H groups in total. The first-order chi connectivity index (χ1) is 16.8. The Balaban J connectivity index is 1.66. The van der Waals surface area contributed by atoms with E-state index < -0.39 is 5.91 Å². The highest BCUT2D eigenvalue weighted by Gasteiger charge is 2.17. The summed E-state index contributed by atoms with van der Waals surface area (Å²) in [7, 11) is 1.61. The van der Waals surface area contributed by atoms with Crippen LogP contribution in [0.5, 0.6) is 11.5 Å². The number of benzene rings is 3. The molecular weight excluding hydrogens is 466 g/mol. The van der Waals surface area contributed by atoms with Crippen molar-refractivity contribution in [1.82, 2.24) is 9.55 Å². The minimum Gasteiger partial charge on any atom is -0.506 e. The van der Waals surface area contributed by atoms with Crippen molar-refractivity contribution in [2.75, 3.05) is 12.4 Å². The van der Waals surface area contributed by atoms with E-state index in [1.807, 2.05) is 38.1 Å². The number of phenolic OH excluding ortho intramolecular Hbond substituents is 1. The molecule has 0 radical (unpaired) electrons. The van der Waals surface area contributed by atoms with Gasteiger partial charge in [0.1, 0.15) is 11.5 Å². The molecule has 0 aliphatic heterocycles. The van der Waals surface area contributed by atoms with Gasteiger partial charge in [-0.15, -0.1) is 0 Å². The van der Waals surface area contributed by atoms with E-state index in [1.54, 1.807) is 31.4 Å². The molecule has 1 heterocycles. The number of halogens is 1. The second kappa shape index (κ2) is 10.2. The van der Waals surface area contributed by atoms with Gasteiger partial charge in [0.25, 0.3) is 11.5 Å². The van der Waals surface area contributed by atoms with Crippen molar-refractivity contribution >= 4 is 34.1 Å². The number of hydrogen-bond acceptors (Lipinski definition) is 5. The van der Waals surface area contributed by atoms with Crippen molar-refractivity contribution < 1.29 is 14.6 Å². The topological polar surface area (TPSA) is 93.4 Å². The van der Waals surface area contributed by atoms with Crippen molar-refractivity contribution in [3.63, 3.8) is 0 Å². The summed E-state index contributed by atoms with van der Waals surface area (Å²) in [4.78, 5) is 30.9. The van der Waals surface area contributed by atoms with Gasteiger partial charge in [0.05, 0.1) is 35.1 Å². The zero-order chi connectivity index (χ0) is 25.1. The zero-order valence-electron chi connectivity index (χ0n) is 19.7. The van der Waals surface area contributed by atoms with Gasteiger partial charge in [0.2, 0.25) is 0 Å². The summed E-state index contributed by atoms with van der Waals surface area (Å²) in [5.41, 5.74) is 2.41. The van der Waals surface area contributed by atoms with Gasteiger partial charge in [-0.1, -0.05) is 49.7 Å². The van der Waals surface area contributed by atoms with Crippen molar-refractivity contribution in [2.45, 2.75) is 32.7 Å². The van der Waals surface area contributed by atoms with Crippen LogP contribution in [0.15, 0.2) is 65.7 Å². The van der Waals surface area contributed by atoms with Crippen molar-refractivity contribution in [3.05, 3.63) is 93.0 Å². The van der Waals surface area contributed by atoms with Crippen LogP contribution < -0.4 is 15.6 Å². The van der Waals surface area contributed by atoms with Gasteiger partial charge in [0.15, 0.2) is 0 Å². The van der Waals surface area contributed by atoms with Gasteiger partial charge in [-0.25, -0.2) is 4.98 Å². The SMILES string of the molecule is COc1ccccc1CCn1cnc2cccc(NC(=O)c3cc(Cl)c(O)c(C(C)C)c3)c2c1=O. The standard InChI is InChI=1S/C27H26ClN3O4/c1-16(2)19-13-18(14-20(28)25(19)32)26(33)30-22-9-6-8-21-24(22)27(34)31(15-29-21)12-11-17-7-4-5-10-23(17)35-3/h4-10,13-16,32H,11-12H2,1-3H3,(H,30,33). The van der Waals surface area contributed by atoms with Gasteiger partial charge in [-0.3, -0.25) is 14.2 Å². The number of carbonyl (C=O) groups excluding carboxylic acids is 1. The molecule has 0 aliphatic carbocycles. The van der Waals surface area contributed by atoms with Crippen LogP contribution in [0.1, 0.15) is 41.3 Å². The maximum Gasteiger partial charge on any atom is 0.263 e. The molecule has 0 aliphatic rings. The number of rotatable bonds is 7. The van der Waals surface area contributed by atoms with E-state index in [4.69, 9.17) is 16.3 Å². The molecule has 180 valence electrons. The third-order valence-corrected chi connectivity index (χ3v) is 6.18. The highest BCUT2D eigenvalue weighted by molar-refractivity contribution is 6.32. The first-order valence-corrected chi connectivity index (χ1v) is 11.6. The molecule has 4 rings (SSSR count). The number of amides is 1. The minimum absolute atomic E-state index is 0.0301. The fourth-order valence-electron chi connectivity index (χ4n) is 4.00. The average molecular weight is 492 g/mol. The van der Waals surface area contributed by atoms with Crippen LogP contribution in [0.2, 0.25) is 5.02 Å². The molecule has 0 fully saturated rings. The molecule has 7 nitrogen and oxygen atoms in total. The molecule has 0 atom stereocenters. The number of ether oxygens (including phenoxy) is 1. The molecule has 8 heteroatoms. The Morgan fingerprint density at radius 2 is 1.94 bits per heavy atom. The molecule has 1 amide bonds. The summed E-state index contributed by atoms with van der Waals surface area (Å²) in [6, 6.07) is 15.8. The fourth-order valence-corrected chi connectivity index (χ4v) is 4.23. The van der Waals surface area contributed by atoms with Crippen molar-refractivity contribution in [2.24, 2.45) is 0 Å². The lowest BCUT2D eigenvalue weighted by Gasteiger charge is -2.14.